The highest BCUT2D eigenvalue weighted by atomic mass is 16.2. The summed E-state index contributed by atoms with van der Waals surface area (Å²) in [6, 6.07) is 0.170. The Morgan fingerprint density at radius 3 is 2.92 bits per heavy atom. The Morgan fingerprint density at radius 2 is 2.15 bits per heavy atom. The summed E-state index contributed by atoms with van der Waals surface area (Å²) < 4.78 is 0. The van der Waals surface area contributed by atoms with Crippen molar-refractivity contribution in [3.8, 4) is 0 Å². The second kappa shape index (κ2) is 2.99. The van der Waals surface area contributed by atoms with Gasteiger partial charge in [0.2, 0.25) is 0 Å². The van der Waals surface area contributed by atoms with Gasteiger partial charge in [-0.25, -0.2) is 0 Å². The Kier molecular flexibility index (Phi) is 1.95. The van der Waals surface area contributed by atoms with Crippen LogP contribution < -0.4 is 5.32 Å². The van der Waals surface area contributed by atoms with Crippen LogP contribution in [0.3, 0.4) is 0 Å². The van der Waals surface area contributed by atoms with Crippen LogP contribution in [0.4, 0.5) is 0 Å². The van der Waals surface area contributed by atoms with Crippen LogP contribution >= 0.6 is 0 Å². The maximum Gasteiger partial charge on any atom is 0.312 e. The molecule has 13 heavy (non-hydrogen) atoms. The Labute approximate surface area is 76.7 Å². The van der Waals surface area contributed by atoms with Crippen molar-refractivity contribution in [2.75, 3.05) is 33.2 Å². The molecule has 5 nitrogen and oxygen atoms in total. The Morgan fingerprint density at radius 1 is 1.38 bits per heavy atom. The second-order valence-corrected chi connectivity index (χ2v) is 3.54. The van der Waals surface area contributed by atoms with Gasteiger partial charge in [0, 0.05) is 33.2 Å². The lowest BCUT2D eigenvalue weighted by molar-refractivity contribution is -0.158. The highest BCUT2D eigenvalue weighted by molar-refractivity contribution is 6.35. The number of nitrogens with zero attached hydrogens (tertiary/aromatic N) is 2. The smallest absolute Gasteiger partial charge is 0.312 e. The summed E-state index contributed by atoms with van der Waals surface area (Å²) >= 11 is 0. The van der Waals surface area contributed by atoms with E-state index in [1.165, 1.54) is 4.90 Å². The van der Waals surface area contributed by atoms with Gasteiger partial charge in [0.05, 0.1) is 6.04 Å². The van der Waals surface area contributed by atoms with Crippen LogP contribution in [0.2, 0.25) is 0 Å². The van der Waals surface area contributed by atoms with Crippen molar-refractivity contribution in [2.45, 2.75) is 6.04 Å². The van der Waals surface area contributed by atoms with Gasteiger partial charge in [0.1, 0.15) is 0 Å². The average Bonchev–Trinajstić information content (AvgIpc) is 2.15. The molecule has 2 aliphatic heterocycles. The number of fused-ring (bicyclic) bond motifs is 1. The summed E-state index contributed by atoms with van der Waals surface area (Å²) in [4.78, 5) is 25.9. The standard InChI is InChI=1S/C8H13N3O2/c1-10-5-6-4-9-2-3-11(6)8(13)7(10)12/h6,9H,2-5H2,1H3. The van der Waals surface area contributed by atoms with Crippen molar-refractivity contribution < 1.29 is 9.59 Å². The van der Waals surface area contributed by atoms with E-state index in [4.69, 9.17) is 0 Å². The Bertz CT molecular complexity index is 254. The highest BCUT2D eigenvalue weighted by Crippen LogP contribution is 2.11. The Hall–Kier alpha value is -1.10. The zero-order valence-electron chi connectivity index (χ0n) is 7.62. The molecule has 5 heteroatoms. The van der Waals surface area contributed by atoms with E-state index in [-0.39, 0.29) is 17.9 Å². The first-order valence-electron chi connectivity index (χ1n) is 4.47. The summed E-state index contributed by atoms with van der Waals surface area (Å²) in [5.74, 6) is -0.724. The van der Waals surface area contributed by atoms with Gasteiger partial charge in [0.25, 0.3) is 0 Å². The molecule has 0 radical (unpaired) electrons. The fraction of sp³-hybridized carbons (Fsp3) is 0.750. The predicted octanol–water partition coefficient (Wildman–Crippen LogP) is -1.74. The molecule has 1 unspecified atom stereocenters. The van der Waals surface area contributed by atoms with E-state index in [2.05, 4.69) is 5.32 Å². The fourth-order valence-electron chi connectivity index (χ4n) is 1.88. The van der Waals surface area contributed by atoms with E-state index in [9.17, 15) is 9.59 Å². The van der Waals surface area contributed by atoms with E-state index in [1.54, 1.807) is 11.9 Å². The molecule has 2 rings (SSSR count). The number of amides is 2. The molecule has 0 aromatic rings. The van der Waals surface area contributed by atoms with Gasteiger partial charge >= 0.3 is 11.8 Å². The molecular weight excluding hydrogens is 170 g/mol. The predicted molar refractivity (Wildman–Crippen MR) is 46.0 cm³/mol. The van der Waals surface area contributed by atoms with Gasteiger partial charge in [-0.3, -0.25) is 9.59 Å². The number of hydrogen-bond donors (Lipinski definition) is 1. The quantitative estimate of drug-likeness (QED) is 0.453. The molecule has 0 aromatic carbocycles. The molecule has 1 atom stereocenters. The third kappa shape index (κ3) is 1.29. The highest BCUT2D eigenvalue weighted by Gasteiger charge is 2.38. The molecule has 0 bridgehead atoms. The third-order valence-electron chi connectivity index (χ3n) is 2.63. The lowest BCUT2D eigenvalue weighted by Crippen LogP contribution is -2.64. The second-order valence-electron chi connectivity index (χ2n) is 3.54. The first-order chi connectivity index (χ1) is 6.20. The molecule has 0 saturated carbocycles. The molecule has 0 aliphatic carbocycles. The summed E-state index contributed by atoms with van der Waals surface area (Å²) in [6.07, 6.45) is 0. The normalized spacial score (nSPS) is 29.2. The number of piperazine rings is 2. The number of nitrogens with one attached hydrogen (secondary N) is 1. The van der Waals surface area contributed by atoms with Crippen molar-refractivity contribution >= 4 is 11.8 Å². The van der Waals surface area contributed by atoms with Crippen LogP contribution in [0.15, 0.2) is 0 Å². The summed E-state index contributed by atoms with van der Waals surface area (Å²) in [5.41, 5.74) is 0. The van der Waals surface area contributed by atoms with E-state index in [0.29, 0.717) is 13.1 Å². The molecule has 2 fully saturated rings. The maximum absolute atomic E-state index is 11.5. The molecule has 72 valence electrons. The van der Waals surface area contributed by atoms with Crippen LogP contribution in [0.5, 0.6) is 0 Å². The lowest BCUT2D eigenvalue weighted by atomic mass is 10.1. The minimum Gasteiger partial charge on any atom is -0.335 e. The van der Waals surface area contributed by atoms with Gasteiger partial charge in [-0.15, -0.1) is 0 Å². The first kappa shape index (κ1) is 8.50. The molecule has 0 spiro atoms. The van der Waals surface area contributed by atoms with Gasteiger partial charge < -0.3 is 15.1 Å². The van der Waals surface area contributed by atoms with Crippen LogP contribution in [-0.4, -0.2) is 60.9 Å². The minimum atomic E-state index is -0.377. The van der Waals surface area contributed by atoms with Crippen molar-refractivity contribution in [3.05, 3.63) is 0 Å². The van der Waals surface area contributed by atoms with Crippen LogP contribution in [-0.2, 0) is 9.59 Å². The van der Waals surface area contributed by atoms with Crippen molar-refractivity contribution in [3.63, 3.8) is 0 Å². The molecule has 2 saturated heterocycles. The SMILES string of the molecule is CN1CC2CNCCN2C(=O)C1=O. The molecule has 2 aliphatic rings. The number of carbonyl (C=O) groups excluding carboxylic acids is 2. The number of likely N-dealkylation sites (N-methyl/N-ethyl adjacent to an activating group) is 1. The van der Waals surface area contributed by atoms with Gasteiger partial charge in [-0.05, 0) is 0 Å². The summed E-state index contributed by atoms with van der Waals surface area (Å²) in [6.45, 7) is 2.89. The summed E-state index contributed by atoms with van der Waals surface area (Å²) in [5, 5.41) is 3.21. The topological polar surface area (TPSA) is 52.6 Å². The van der Waals surface area contributed by atoms with Crippen molar-refractivity contribution in [2.24, 2.45) is 0 Å². The average molecular weight is 183 g/mol. The van der Waals surface area contributed by atoms with E-state index < -0.39 is 0 Å². The van der Waals surface area contributed by atoms with Crippen LogP contribution in [0, 0.1) is 0 Å². The number of hydrogen-bond acceptors (Lipinski definition) is 3. The number of carbonyl (C=O) groups is 2. The zero-order chi connectivity index (χ0) is 9.42. The molecule has 1 N–H and O–H groups in total. The minimum absolute atomic E-state index is 0.170. The van der Waals surface area contributed by atoms with E-state index in [0.717, 1.165) is 13.1 Å². The van der Waals surface area contributed by atoms with Crippen molar-refractivity contribution in [1.82, 2.24) is 15.1 Å². The van der Waals surface area contributed by atoms with Crippen molar-refractivity contribution in [1.29, 1.82) is 0 Å². The van der Waals surface area contributed by atoms with E-state index >= 15 is 0 Å². The van der Waals surface area contributed by atoms with Gasteiger partial charge in [-0.2, -0.15) is 0 Å². The molecule has 2 amide bonds. The molecule has 2 heterocycles. The van der Waals surface area contributed by atoms with Crippen LogP contribution in [0.1, 0.15) is 0 Å². The molecular formula is C8H13N3O2. The van der Waals surface area contributed by atoms with Gasteiger partial charge in [0.15, 0.2) is 0 Å². The third-order valence-corrected chi connectivity index (χ3v) is 2.63. The maximum atomic E-state index is 11.5. The van der Waals surface area contributed by atoms with Crippen LogP contribution in [0.25, 0.3) is 0 Å². The Balaban J connectivity index is 2.17. The van der Waals surface area contributed by atoms with Gasteiger partial charge in [-0.1, -0.05) is 0 Å². The monoisotopic (exact) mass is 183 g/mol. The fourth-order valence-corrected chi connectivity index (χ4v) is 1.88. The first-order valence-corrected chi connectivity index (χ1v) is 4.47. The summed E-state index contributed by atoms with van der Waals surface area (Å²) in [7, 11) is 1.67. The largest absolute Gasteiger partial charge is 0.335 e. The number of rotatable bonds is 0. The van der Waals surface area contributed by atoms with E-state index in [1.807, 2.05) is 0 Å². The molecule has 0 aromatic heterocycles. The zero-order valence-corrected chi connectivity index (χ0v) is 7.62. The lowest BCUT2D eigenvalue weighted by Gasteiger charge is -2.42.